The monoisotopic (exact) mass is 301 g/mol. The molecule has 0 spiro atoms. The molecule has 0 bridgehead atoms. The van der Waals surface area contributed by atoms with Crippen molar-refractivity contribution in [3.63, 3.8) is 0 Å². The SMILES string of the molecule is Cc1cc(C(=O)N(C)CC2CC2C)sc1Br. The Morgan fingerprint density at radius 1 is 1.69 bits per heavy atom. The Morgan fingerprint density at radius 3 is 2.75 bits per heavy atom. The first kappa shape index (κ1) is 12.1. The molecule has 0 radical (unpaired) electrons. The zero-order valence-electron chi connectivity index (χ0n) is 9.79. The molecular formula is C12H16BrNOS. The lowest BCUT2D eigenvalue weighted by Gasteiger charge is -2.15. The molecule has 1 heterocycles. The number of carbonyl (C=O) groups is 1. The Morgan fingerprint density at radius 2 is 2.31 bits per heavy atom. The number of carbonyl (C=O) groups excluding carboxylic acids is 1. The van der Waals surface area contributed by atoms with E-state index in [0.29, 0.717) is 0 Å². The van der Waals surface area contributed by atoms with Crippen LogP contribution in [0.25, 0.3) is 0 Å². The van der Waals surface area contributed by atoms with Gasteiger partial charge in [0, 0.05) is 13.6 Å². The summed E-state index contributed by atoms with van der Waals surface area (Å²) in [6.45, 7) is 5.16. The van der Waals surface area contributed by atoms with Crippen LogP contribution >= 0.6 is 27.3 Å². The van der Waals surface area contributed by atoms with E-state index in [2.05, 4.69) is 22.9 Å². The summed E-state index contributed by atoms with van der Waals surface area (Å²) in [5.74, 6) is 1.67. The van der Waals surface area contributed by atoms with Gasteiger partial charge in [0.05, 0.1) is 8.66 Å². The average Bonchev–Trinajstić information content (AvgIpc) is 2.80. The molecule has 4 heteroatoms. The largest absolute Gasteiger partial charge is 0.341 e. The third kappa shape index (κ3) is 2.48. The number of hydrogen-bond donors (Lipinski definition) is 0. The highest BCUT2D eigenvalue weighted by atomic mass is 79.9. The summed E-state index contributed by atoms with van der Waals surface area (Å²) >= 11 is 4.98. The van der Waals surface area contributed by atoms with E-state index in [9.17, 15) is 4.79 Å². The molecule has 16 heavy (non-hydrogen) atoms. The van der Waals surface area contributed by atoms with E-state index in [0.717, 1.165) is 32.6 Å². The standard InChI is InChI=1S/C12H16BrNOS/c1-7-4-9(7)6-14(3)12(15)10-5-8(2)11(13)16-10/h5,7,9H,4,6H2,1-3H3. The molecular weight excluding hydrogens is 286 g/mol. The summed E-state index contributed by atoms with van der Waals surface area (Å²) in [6, 6.07) is 1.96. The summed E-state index contributed by atoms with van der Waals surface area (Å²) < 4.78 is 1.06. The van der Waals surface area contributed by atoms with Gasteiger partial charge in [-0.25, -0.2) is 0 Å². The van der Waals surface area contributed by atoms with Crippen LogP contribution in [0.1, 0.15) is 28.6 Å². The van der Waals surface area contributed by atoms with Gasteiger partial charge in [0.25, 0.3) is 5.91 Å². The quantitative estimate of drug-likeness (QED) is 0.836. The molecule has 0 aromatic carbocycles. The van der Waals surface area contributed by atoms with Crippen LogP contribution in [0, 0.1) is 18.8 Å². The van der Waals surface area contributed by atoms with Crippen molar-refractivity contribution in [2.45, 2.75) is 20.3 Å². The van der Waals surface area contributed by atoms with Crippen LogP contribution in [0.4, 0.5) is 0 Å². The third-order valence-corrected chi connectivity index (χ3v) is 5.32. The predicted molar refractivity (Wildman–Crippen MR) is 71.0 cm³/mol. The van der Waals surface area contributed by atoms with Gasteiger partial charge in [-0.1, -0.05) is 6.92 Å². The maximum Gasteiger partial charge on any atom is 0.263 e. The lowest BCUT2D eigenvalue weighted by Crippen LogP contribution is -2.28. The highest BCUT2D eigenvalue weighted by molar-refractivity contribution is 9.11. The number of halogens is 1. The minimum absolute atomic E-state index is 0.151. The van der Waals surface area contributed by atoms with E-state index in [-0.39, 0.29) is 5.91 Å². The van der Waals surface area contributed by atoms with E-state index >= 15 is 0 Å². The lowest BCUT2D eigenvalue weighted by atomic mass is 10.3. The Bertz CT molecular complexity index is 396. The summed E-state index contributed by atoms with van der Waals surface area (Å²) in [5.41, 5.74) is 1.14. The first-order chi connectivity index (χ1) is 7.49. The summed E-state index contributed by atoms with van der Waals surface area (Å²) in [7, 11) is 1.90. The second-order valence-electron chi connectivity index (χ2n) is 4.73. The fraction of sp³-hybridized carbons (Fsp3) is 0.583. The summed E-state index contributed by atoms with van der Waals surface area (Å²) in [5, 5.41) is 0. The number of nitrogens with zero attached hydrogens (tertiary/aromatic N) is 1. The second-order valence-corrected chi connectivity index (χ2v) is 7.10. The molecule has 1 aromatic rings. The van der Waals surface area contributed by atoms with E-state index in [4.69, 9.17) is 0 Å². The maximum atomic E-state index is 12.1. The smallest absolute Gasteiger partial charge is 0.263 e. The van der Waals surface area contributed by atoms with Gasteiger partial charge >= 0.3 is 0 Å². The van der Waals surface area contributed by atoms with Gasteiger partial charge in [0.15, 0.2) is 0 Å². The number of thiophene rings is 1. The van der Waals surface area contributed by atoms with Gasteiger partial charge in [-0.3, -0.25) is 4.79 Å². The van der Waals surface area contributed by atoms with Crippen molar-refractivity contribution in [1.82, 2.24) is 4.90 Å². The van der Waals surface area contributed by atoms with Crippen LogP contribution in [0.15, 0.2) is 9.85 Å². The third-order valence-electron chi connectivity index (χ3n) is 3.20. The molecule has 2 unspecified atom stereocenters. The Kier molecular flexibility index (Phi) is 3.40. The highest BCUT2D eigenvalue weighted by Crippen LogP contribution is 2.38. The summed E-state index contributed by atoms with van der Waals surface area (Å²) in [6.07, 6.45) is 1.27. The van der Waals surface area contributed by atoms with Gasteiger partial charge < -0.3 is 4.90 Å². The van der Waals surface area contributed by atoms with E-state index in [1.807, 2.05) is 24.9 Å². The fourth-order valence-corrected chi connectivity index (χ4v) is 3.37. The molecule has 0 aliphatic heterocycles. The van der Waals surface area contributed by atoms with Crippen LogP contribution < -0.4 is 0 Å². The zero-order chi connectivity index (χ0) is 11.9. The molecule has 1 aromatic heterocycles. The van der Waals surface area contributed by atoms with Crippen molar-refractivity contribution < 1.29 is 4.79 Å². The van der Waals surface area contributed by atoms with Crippen molar-refractivity contribution in [3.8, 4) is 0 Å². The van der Waals surface area contributed by atoms with Gasteiger partial charge in [-0.05, 0) is 52.7 Å². The minimum atomic E-state index is 0.151. The molecule has 1 fully saturated rings. The first-order valence-corrected chi connectivity index (χ1v) is 7.11. The maximum absolute atomic E-state index is 12.1. The topological polar surface area (TPSA) is 20.3 Å². The molecule has 0 saturated heterocycles. The minimum Gasteiger partial charge on any atom is -0.341 e. The van der Waals surface area contributed by atoms with Crippen LogP contribution in [-0.4, -0.2) is 24.4 Å². The van der Waals surface area contributed by atoms with E-state index in [1.54, 1.807) is 0 Å². The second kappa shape index (κ2) is 4.49. The van der Waals surface area contributed by atoms with E-state index in [1.165, 1.54) is 17.8 Å². The van der Waals surface area contributed by atoms with Crippen LogP contribution in [0.5, 0.6) is 0 Å². The van der Waals surface area contributed by atoms with Crippen molar-refractivity contribution in [1.29, 1.82) is 0 Å². The number of amides is 1. The fourth-order valence-electron chi connectivity index (χ4n) is 1.84. The Balaban J connectivity index is 2.00. The number of aryl methyl sites for hydroxylation is 1. The zero-order valence-corrected chi connectivity index (χ0v) is 12.2. The normalized spacial score (nSPS) is 23.2. The van der Waals surface area contributed by atoms with Crippen LogP contribution in [-0.2, 0) is 0 Å². The molecule has 2 rings (SSSR count). The molecule has 1 amide bonds. The van der Waals surface area contributed by atoms with E-state index < -0.39 is 0 Å². The highest BCUT2D eigenvalue weighted by Gasteiger charge is 2.34. The molecule has 88 valence electrons. The van der Waals surface area contributed by atoms with Crippen molar-refractivity contribution in [3.05, 3.63) is 20.3 Å². The van der Waals surface area contributed by atoms with Gasteiger partial charge in [0.2, 0.25) is 0 Å². The average molecular weight is 302 g/mol. The van der Waals surface area contributed by atoms with Gasteiger partial charge in [-0.2, -0.15) is 0 Å². The number of hydrogen-bond acceptors (Lipinski definition) is 2. The molecule has 2 atom stereocenters. The molecule has 1 aliphatic carbocycles. The Hall–Kier alpha value is -0.350. The molecule has 1 saturated carbocycles. The molecule has 2 nitrogen and oxygen atoms in total. The molecule has 0 N–H and O–H groups in total. The predicted octanol–water partition coefficient (Wildman–Crippen LogP) is 3.55. The molecule has 1 aliphatic rings. The van der Waals surface area contributed by atoms with Crippen molar-refractivity contribution in [2.75, 3.05) is 13.6 Å². The van der Waals surface area contributed by atoms with Gasteiger partial charge in [0.1, 0.15) is 0 Å². The van der Waals surface area contributed by atoms with Crippen LogP contribution in [0.2, 0.25) is 0 Å². The number of rotatable bonds is 3. The first-order valence-electron chi connectivity index (χ1n) is 5.50. The van der Waals surface area contributed by atoms with Gasteiger partial charge in [-0.15, -0.1) is 11.3 Å². The van der Waals surface area contributed by atoms with Crippen molar-refractivity contribution in [2.24, 2.45) is 11.8 Å². The lowest BCUT2D eigenvalue weighted by molar-refractivity contribution is 0.0792. The van der Waals surface area contributed by atoms with Crippen molar-refractivity contribution >= 4 is 33.2 Å². The summed E-state index contributed by atoms with van der Waals surface area (Å²) in [4.78, 5) is 14.8. The van der Waals surface area contributed by atoms with Crippen LogP contribution in [0.3, 0.4) is 0 Å². The Labute approximate surface area is 109 Å².